The molecule has 3 unspecified atom stereocenters. The predicted molar refractivity (Wildman–Crippen MR) is 44.6 cm³/mol. The Morgan fingerprint density at radius 2 is 2.42 bits per heavy atom. The van der Waals surface area contributed by atoms with Crippen molar-refractivity contribution in [3.63, 3.8) is 0 Å². The fourth-order valence-corrected chi connectivity index (χ4v) is 2.50. The Balaban J connectivity index is 1.86. The van der Waals surface area contributed by atoms with E-state index >= 15 is 0 Å². The van der Waals surface area contributed by atoms with Crippen LogP contribution in [0.4, 0.5) is 0 Å². The lowest BCUT2D eigenvalue weighted by molar-refractivity contribution is -0.141. The van der Waals surface area contributed by atoms with Gasteiger partial charge in [0, 0.05) is 12.5 Å². The van der Waals surface area contributed by atoms with E-state index in [4.69, 9.17) is 0 Å². The zero-order valence-electron chi connectivity index (χ0n) is 7.38. The topological polar surface area (TPSA) is 38.3 Å². The van der Waals surface area contributed by atoms with E-state index in [1.165, 1.54) is 20.0 Å². The lowest BCUT2D eigenvalue weighted by atomic mass is 9.96. The predicted octanol–water partition coefficient (Wildman–Crippen LogP) is 0.547. The van der Waals surface area contributed by atoms with Crippen molar-refractivity contribution < 1.29 is 9.53 Å². The molecular weight excluding hydrogens is 154 g/mol. The van der Waals surface area contributed by atoms with Gasteiger partial charge in [-0.3, -0.25) is 4.79 Å². The lowest BCUT2D eigenvalue weighted by Gasteiger charge is -2.21. The highest BCUT2D eigenvalue weighted by Gasteiger charge is 2.40. The van der Waals surface area contributed by atoms with Gasteiger partial charge in [0.05, 0.1) is 7.11 Å². The van der Waals surface area contributed by atoms with E-state index in [1.54, 1.807) is 0 Å². The summed E-state index contributed by atoms with van der Waals surface area (Å²) in [7, 11) is 1.46. The lowest BCUT2D eigenvalue weighted by Crippen LogP contribution is -2.34. The molecule has 0 radical (unpaired) electrons. The van der Waals surface area contributed by atoms with Gasteiger partial charge in [0.25, 0.3) is 0 Å². The molecular formula is C9H15NO2. The maximum atomic E-state index is 11.0. The highest BCUT2D eigenvalue weighted by atomic mass is 16.5. The van der Waals surface area contributed by atoms with Gasteiger partial charge in [-0.2, -0.15) is 0 Å². The summed E-state index contributed by atoms with van der Waals surface area (Å²) in [6.07, 6.45) is 3.08. The number of nitrogens with one attached hydrogen (secondary N) is 1. The van der Waals surface area contributed by atoms with E-state index in [-0.39, 0.29) is 5.97 Å². The molecule has 1 N–H and O–H groups in total. The largest absolute Gasteiger partial charge is 0.469 e. The van der Waals surface area contributed by atoms with Gasteiger partial charge in [0.15, 0.2) is 0 Å². The second-order valence-corrected chi connectivity index (χ2v) is 3.89. The third kappa shape index (κ3) is 1.33. The fourth-order valence-electron chi connectivity index (χ4n) is 2.50. The molecule has 68 valence electrons. The van der Waals surface area contributed by atoms with Gasteiger partial charge < -0.3 is 10.1 Å². The first-order valence-corrected chi connectivity index (χ1v) is 4.60. The molecule has 1 aliphatic carbocycles. The highest BCUT2D eigenvalue weighted by Crippen LogP contribution is 2.37. The summed E-state index contributed by atoms with van der Waals surface area (Å²) in [6.45, 7) is 1.16. The summed E-state index contributed by atoms with van der Waals surface area (Å²) >= 11 is 0. The minimum Gasteiger partial charge on any atom is -0.469 e. The molecule has 3 atom stereocenters. The van der Waals surface area contributed by atoms with Crippen LogP contribution in [0, 0.1) is 11.8 Å². The molecule has 0 spiro atoms. The van der Waals surface area contributed by atoms with Gasteiger partial charge in [-0.1, -0.05) is 0 Å². The summed E-state index contributed by atoms with van der Waals surface area (Å²) in [5, 5.41) is 3.43. The van der Waals surface area contributed by atoms with E-state index in [1.807, 2.05) is 0 Å². The SMILES string of the molecule is COC(=O)CC1CC2CNC1C2. The van der Waals surface area contributed by atoms with Crippen LogP contribution in [0.25, 0.3) is 0 Å². The summed E-state index contributed by atoms with van der Waals surface area (Å²) in [5.74, 6) is 1.30. The van der Waals surface area contributed by atoms with Crippen molar-refractivity contribution in [1.29, 1.82) is 0 Å². The number of hydrogen-bond acceptors (Lipinski definition) is 3. The van der Waals surface area contributed by atoms with E-state index < -0.39 is 0 Å². The average molecular weight is 169 g/mol. The standard InChI is InChI=1S/C9H15NO2/c1-12-9(11)4-7-2-6-3-8(7)10-5-6/h6-8,10H,2-5H2,1H3. The Kier molecular flexibility index (Phi) is 2.05. The molecule has 1 saturated heterocycles. The van der Waals surface area contributed by atoms with Crippen molar-refractivity contribution in [2.45, 2.75) is 25.3 Å². The van der Waals surface area contributed by atoms with E-state index in [9.17, 15) is 4.79 Å². The number of fused-ring (bicyclic) bond motifs is 2. The van der Waals surface area contributed by atoms with Crippen LogP contribution < -0.4 is 5.32 Å². The molecule has 2 aliphatic rings. The molecule has 3 heteroatoms. The molecule has 3 nitrogen and oxygen atoms in total. The number of esters is 1. The second-order valence-electron chi connectivity index (χ2n) is 3.89. The Bertz CT molecular complexity index is 193. The van der Waals surface area contributed by atoms with Crippen LogP contribution in [0.15, 0.2) is 0 Å². The molecule has 1 saturated carbocycles. The van der Waals surface area contributed by atoms with Gasteiger partial charge in [0.2, 0.25) is 0 Å². The molecule has 1 aliphatic heterocycles. The minimum atomic E-state index is -0.0608. The smallest absolute Gasteiger partial charge is 0.305 e. The van der Waals surface area contributed by atoms with Crippen molar-refractivity contribution in [3.05, 3.63) is 0 Å². The Morgan fingerprint density at radius 3 is 2.92 bits per heavy atom. The van der Waals surface area contributed by atoms with Gasteiger partial charge in [-0.25, -0.2) is 0 Å². The van der Waals surface area contributed by atoms with E-state index in [0.717, 1.165) is 12.5 Å². The van der Waals surface area contributed by atoms with Crippen LogP contribution in [0.1, 0.15) is 19.3 Å². The summed E-state index contributed by atoms with van der Waals surface area (Å²) < 4.78 is 4.65. The summed E-state index contributed by atoms with van der Waals surface area (Å²) in [5.41, 5.74) is 0. The number of carbonyl (C=O) groups excluding carboxylic acids is 1. The molecule has 2 rings (SSSR count). The third-order valence-electron chi connectivity index (χ3n) is 3.12. The quantitative estimate of drug-likeness (QED) is 0.613. The number of piperidine rings is 1. The van der Waals surface area contributed by atoms with Crippen molar-refractivity contribution in [2.24, 2.45) is 11.8 Å². The van der Waals surface area contributed by atoms with Crippen LogP contribution in [0.5, 0.6) is 0 Å². The van der Waals surface area contributed by atoms with Gasteiger partial charge >= 0.3 is 5.97 Å². The zero-order valence-corrected chi connectivity index (χ0v) is 7.38. The molecule has 12 heavy (non-hydrogen) atoms. The molecule has 0 aromatic carbocycles. The van der Waals surface area contributed by atoms with Crippen molar-refractivity contribution in [3.8, 4) is 0 Å². The molecule has 0 aromatic heterocycles. The summed E-state index contributed by atoms with van der Waals surface area (Å²) in [4.78, 5) is 11.0. The first kappa shape index (κ1) is 8.05. The van der Waals surface area contributed by atoms with Crippen LogP contribution in [-0.4, -0.2) is 25.7 Å². The maximum Gasteiger partial charge on any atom is 0.305 e. The Morgan fingerprint density at radius 1 is 1.58 bits per heavy atom. The van der Waals surface area contributed by atoms with Crippen LogP contribution in [0.2, 0.25) is 0 Å². The van der Waals surface area contributed by atoms with Gasteiger partial charge in [-0.15, -0.1) is 0 Å². The minimum absolute atomic E-state index is 0.0608. The number of methoxy groups -OCH3 is 1. The number of rotatable bonds is 2. The number of hydrogen-bond donors (Lipinski definition) is 1. The molecule has 2 bridgehead atoms. The summed E-state index contributed by atoms with van der Waals surface area (Å²) in [6, 6.07) is 0.592. The molecule has 0 amide bonds. The number of carbonyl (C=O) groups is 1. The molecule has 2 fully saturated rings. The first-order valence-electron chi connectivity index (χ1n) is 4.60. The van der Waals surface area contributed by atoms with E-state index in [0.29, 0.717) is 18.4 Å². The van der Waals surface area contributed by atoms with Crippen molar-refractivity contribution >= 4 is 5.97 Å². The van der Waals surface area contributed by atoms with Crippen LogP contribution >= 0.6 is 0 Å². The Labute approximate surface area is 72.5 Å². The molecule has 0 aromatic rings. The first-order chi connectivity index (χ1) is 5.79. The Hall–Kier alpha value is -0.570. The zero-order chi connectivity index (χ0) is 8.55. The van der Waals surface area contributed by atoms with Crippen molar-refractivity contribution in [2.75, 3.05) is 13.7 Å². The second kappa shape index (κ2) is 3.05. The van der Waals surface area contributed by atoms with Crippen molar-refractivity contribution in [1.82, 2.24) is 5.32 Å². The van der Waals surface area contributed by atoms with Crippen LogP contribution in [0.3, 0.4) is 0 Å². The van der Waals surface area contributed by atoms with Crippen LogP contribution in [-0.2, 0) is 9.53 Å². The monoisotopic (exact) mass is 169 g/mol. The molecule has 1 heterocycles. The third-order valence-corrected chi connectivity index (χ3v) is 3.12. The normalized spacial score (nSPS) is 38.6. The maximum absolute atomic E-state index is 11.0. The highest BCUT2D eigenvalue weighted by molar-refractivity contribution is 5.69. The fraction of sp³-hybridized carbons (Fsp3) is 0.889. The van der Waals surface area contributed by atoms with Gasteiger partial charge in [-0.05, 0) is 31.2 Å². The average Bonchev–Trinajstić information content (AvgIpc) is 2.64. The number of ether oxygens (including phenoxy) is 1. The van der Waals surface area contributed by atoms with E-state index in [2.05, 4.69) is 10.1 Å². The van der Waals surface area contributed by atoms with Gasteiger partial charge in [0.1, 0.15) is 0 Å².